The number of carbonyl (C=O) groups is 1. The molecule has 0 spiro atoms. The van der Waals surface area contributed by atoms with Gasteiger partial charge in [-0.05, 0) is 32.6 Å². The molecule has 0 aliphatic rings. The minimum absolute atomic E-state index is 0.146. The third kappa shape index (κ3) is 8.36. The van der Waals surface area contributed by atoms with Crippen molar-refractivity contribution in [3.8, 4) is 0 Å². The standard InChI is InChI=1S/C19H34N4O3/c1-5-15(6-2)17-13-16(26-23-17)14-22-19(20-7-3)21-12-10-8-9-11-18(24)25-4/h13,15H,5-12,14H2,1-4H3,(H2,20,21,22). The molecule has 1 aromatic heterocycles. The molecular weight excluding hydrogens is 332 g/mol. The Bertz CT molecular complexity index is 539. The van der Waals surface area contributed by atoms with Crippen LogP contribution in [0.2, 0.25) is 0 Å². The van der Waals surface area contributed by atoms with Crippen molar-refractivity contribution in [2.45, 2.75) is 71.8 Å². The zero-order valence-corrected chi connectivity index (χ0v) is 16.6. The predicted molar refractivity (Wildman–Crippen MR) is 103 cm³/mol. The van der Waals surface area contributed by atoms with E-state index >= 15 is 0 Å². The lowest BCUT2D eigenvalue weighted by atomic mass is 9.99. The van der Waals surface area contributed by atoms with Crippen molar-refractivity contribution >= 4 is 11.9 Å². The second kappa shape index (κ2) is 13.2. The van der Waals surface area contributed by atoms with Gasteiger partial charge in [0.05, 0.1) is 12.8 Å². The Kier molecular flexibility index (Phi) is 11.2. The monoisotopic (exact) mass is 366 g/mol. The van der Waals surface area contributed by atoms with Gasteiger partial charge in [-0.15, -0.1) is 0 Å². The Morgan fingerprint density at radius 1 is 1.23 bits per heavy atom. The third-order valence-corrected chi connectivity index (χ3v) is 4.30. The van der Waals surface area contributed by atoms with E-state index in [4.69, 9.17) is 4.52 Å². The molecule has 0 aliphatic carbocycles. The first-order chi connectivity index (χ1) is 12.6. The molecule has 0 atom stereocenters. The van der Waals surface area contributed by atoms with Crippen LogP contribution in [0.5, 0.6) is 0 Å². The van der Waals surface area contributed by atoms with Crippen LogP contribution >= 0.6 is 0 Å². The van der Waals surface area contributed by atoms with Gasteiger partial charge < -0.3 is 19.9 Å². The van der Waals surface area contributed by atoms with Gasteiger partial charge in [0.15, 0.2) is 11.7 Å². The molecule has 7 nitrogen and oxygen atoms in total. The van der Waals surface area contributed by atoms with E-state index in [1.54, 1.807) is 0 Å². The Balaban J connectivity index is 2.40. The summed E-state index contributed by atoms with van der Waals surface area (Å²) in [6.45, 7) is 8.43. The number of methoxy groups -OCH3 is 1. The Morgan fingerprint density at radius 3 is 2.65 bits per heavy atom. The number of ether oxygens (including phenoxy) is 1. The van der Waals surface area contributed by atoms with Gasteiger partial charge in [0.25, 0.3) is 0 Å². The normalized spacial score (nSPS) is 11.7. The van der Waals surface area contributed by atoms with Crippen LogP contribution in [0.25, 0.3) is 0 Å². The number of carbonyl (C=O) groups excluding carboxylic acids is 1. The fourth-order valence-electron chi connectivity index (χ4n) is 2.68. The number of rotatable bonds is 12. The second-order valence-electron chi connectivity index (χ2n) is 6.24. The van der Waals surface area contributed by atoms with E-state index in [0.29, 0.717) is 18.9 Å². The summed E-state index contributed by atoms with van der Waals surface area (Å²) in [4.78, 5) is 15.6. The van der Waals surface area contributed by atoms with Crippen molar-refractivity contribution in [3.63, 3.8) is 0 Å². The Labute approximate surface area is 157 Å². The van der Waals surface area contributed by atoms with Gasteiger partial charge in [0.2, 0.25) is 0 Å². The number of hydrogen-bond acceptors (Lipinski definition) is 5. The van der Waals surface area contributed by atoms with Crippen LogP contribution in [0, 0.1) is 0 Å². The molecule has 0 radical (unpaired) electrons. The fourth-order valence-corrected chi connectivity index (χ4v) is 2.68. The lowest BCUT2D eigenvalue weighted by Crippen LogP contribution is -2.37. The van der Waals surface area contributed by atoms with E-state index in [9.17, 15) is 4.79 Å². The number of aromatic nitrogens is 1. The van der Waals surface area contributed by atoms with Crippen LogP contribution in [0.1, 0.15) is 76.7 Å². The lowest BCUT2D eigenvalue weighted by molar-refractivity contribution is -0.140. The molecule has 7 heteroatoms. The minimum atomic E-state index is -0.146. The number of nitrogens with zero attached hydrogens (tertiary/aromatic N) is 2. The van der Waals surface area contributed by atoms with Crippen molar-refractivity contribution in [2.24, 2.45) is 4.99 Å². The summed E-state index contributed by atoms with van der Waals surface area (Å²) < 4.78 is 10.0. The Hall–Kier alpha value is -2.05. The second-order valence-corrected chi connectivity index (χ2v) is 6.24. The topological polar surface area (TPSA) is 88.8 Å². The Morgan fingerprint density at radius 2 is 2.00 bits per heavy atom. The van der Waals surface area contributed by atoms with Crippen molar-refractivity contribution in [1.29, 1.82) is 0 Å². The molecule has 26 heavy (non-hydrogen) atoms. The van der Waals surface area contributed by atoms with Crippen molar-refractivity contribution in [3.05, 3.63) is 17.5 Å². The molecule has 0 saturated heterocycles. The predicted octanol–water partition coefficient (Wildman–Crippen LogP) is 3.37. The van der Waals surface area contributed by atoms with Gasteiger partial charge in [-0.1, -0.05) is 25.4 Å². The van der Waals surface area contributed by atoms with Crippen LogP contribution in [0.4, 0.5) is 0 Å². The smallest absolute Gasteiger partial charge is 0.305 e. The van der Waals surface area contributed by atoms with Crippen LogP contribution < -0.4 is 10.6 Å². The maximum atomic E-state index is 11.1. The maximum Gasteiger partial charge on any atom is 0.305 e. The van der Waals surface area contributed by atoms with Gasteiger partial charge in [-0.25, -0.2) is 4.99 Å². The lowest BCUT2D eigenvalue weighted by Gasteiger charge is -2.10. The van der Waals surface area contributed by atoms with E-state index in [-0.39, 0.29) is 5.97 Å². The van der Waals surface area contributed by atoms with Crippen molar-refractivity contribution < 1.29 is 14.1 Å². The highest BCUT2D eigenvalue weighted by atomic mass is 16.5. The molecule has 0 bridgehead atoms. The number of guanidine groups is 1. The van der Waals surface area contributed by atoms with Crippen LogP contribution in [-0.2, 0) is 16.1 Å². The molecule has 0 amide bonds. The average molecular weight is 367 g/mol. The summed E-state index contributed by atoms with van der Waals surface area (Å²) in [5.41, 5.74) is 1.02. The molecule has 2 N–H and O–H groups in total. The largest absolute Gasteiger partial charge is 0.469 e. The minimum Gasteiger partial charge on any atom is -0.469 e. The quantitative estimate of drug-likeness (QED) is 0.255. The summed E-state index contributed by atoms with van der Waals surface area (Å²) in [5, 5.41) is 10.7. The SMILES string of the molecule is CCNC(=NCc1cc(C(CC)CC)no1)NCCCCCC(=O)OC. The molecule has 0 aromatic carbocycles. The van der Waals surface area contributed by atoms with E-state index in [1.807, 2.05) is 13.0 Å². The average Bonchev–Trinajstić information content (AvgIpc) is 3.12. The number of nitrogens with one attached hydrogen (secondary N) is 2. The van der Waals surface area contributed by atoms with Crippen LogP contribution in [0.3, 0.4) is 0 Å². The zero-order valence-electron chi connectivity index (χ0n) is 16.6. The highest BCUT2D eigenvalue weighted by molar-refractivity contribution is 5.79. The molecule has 1 aromatic rings. The maximum absolute atomic E-state index is 11.1. The van der Waals surface area contributed by atoms with E-state index in [0.717, 1.165) is 62.6 Å². The molecule has 148 valence electrons. The number of unbranched alkanes of at least 4 members (excludes halogenated alkanes) is 2. The first-order valence-electron chi connectivity index (χ1n) is 9.68. The molecular formula is C19H34N4O3. The van der Waals surface area contributed by atoms with E-state index < -0.39 is 0 Å². The molecule has 0 fully saturated rings. The summed E-state index contributed by atoms with van der Waals surface area (Å²) in [6.07, 6.45) is 5.40. The van der Waals surface area contributed by atoms with Crippen molar-refractivity contribution in [2.75, 3.05) is 20.2 Å². The van der Waals surface area contributed by atoms with E-state index in [1.165, 1.54) is 7.11 Å². The van der Waals surface area contributed by atoms with Crippen LogP contribution in [-0.4, -0.2) is 37.3 Å². The first-order valence-corrected chi connectivity index (χ1v) is 9.68. The molecule has 1 rings (SSSR count). The summed E-state index contributed by atoms with van der Waals surface area (Å²) in [5.74, 6) is 1.85. The van der Waals surface area contributed by atoms with Gasteiger partial charge in [-0.3, -0.25) is 4.79 Å². The van der Waals surface area contributed by atoms with Crippen molar-refractivity contribution in [1.82, 2.24) is 15.8 Å². The number of aliphatic imine (C=N–C) groups is 1. The zero-order chi connectivity index (χ0) is 19.2. The van der Waals surface area contributed by atoms with Gasteiger partial charge in [0, 0.05) is 31.5 Å². The van der Waals surface area contributed by atoms with Gasteiger partial charge >= 0.3 is 5.97 Å². The number of esters is 1. The molecule has 1 heterocycles. The van der Waals surface area contributed by atoms with Gasteiger partial charge in [-0.2, -0.15) is 0 Å². The molecule has 0 unspecified atom stereocenters. The highest BCUT2D eigenvalue weighted by Crippen LogP contribution is 2.22. The highest BCUT2D eigenvalue weighted by Gasteiger charge is 2.12. The molecule has 0 saturated carbocycles. The van der Waals surface area contributed by atoms with Gasteiger partial charge in [0.1, 0.15) is 6.54 Å². The first kappa shape index (κ1) is 22.0. The van der Waals surface area contributed by atoms with E-state index in [2.05, 4.69) is 39.4 Å². The molecule has 0 aliphatic heterocycles. The summed E-state index contributed by atoms with van der Waals surface area (Å²) in [7, 11) is 1.42. The third-order valence-electron chi connectivity index (χ3n) is 4.30. The number of hydrogen-bond donors (Lipinski definition) is 2. The summed E-state index contributed by atoms with van der Waals surface area (Å²) in [6, 6.07) is 2.01. The summed E-state index contributed by atoms with van der Waals surface area (Å²) >= 11 is 0. The fraction of sp³-hybridized carbons (Fsp3) is 0.737. The van der Waals surface area contributed by atoms with Crippen LogP contribution in [0.15, 0.2) is 15.6 Å².